The maximum atomic E-state index is 11.4. The molecule has 5 nitrogen and oxygen atoms in total. The molecule has 0 radical (unpaired) electrons. The number of aliphatic carboxylic acids is 1. The summed E-state index contributed by atoms with van der Waals surface area (Å²) in [6.07, 6.45) is 2.83. The van der Waals surface area contributed by atoms with Crippen LogP contribution < -0.4 is 0 Å². The molecule has 0 amide bonds. The van der Waals surface area contributed by atoms with Crippen LogP contribution in [-0.2, 0) is 9.53 Å². The summed E-state index contributed by atoms with van der Waals surface area (Å²) in [6.45, 7) is 2.52. The van der Waals surface area contributed by atoms with E-state index in [-0.39, 0.29) is 24.4 Å². The molecule has 0 aromatic heterocycles. The highest BCUT2D eigenvalue weighted by atomic mass is 16.5. The molecule has 1 saturated heterocycles. The Balaban J connectivity index is 1.98. The molecule has 2 bridgehead atoms. The first kappa shape index (κ1) is 14.0. The first-order valence-corrected chi connectivity index (χ1v) is 7.30. The molecule has 2 saturated carbocycles. The molecule has 3 fully saturated rings. The highest BCUT2D eigenvalue weighted by Crippen LogP contribution is 2.59. The van der Waals surface area contributed by atoms with Gasteiger partial charge in [0.2, 0.25) is 0 Å². The number of fused-ring (bicyclic) bond motifs is 1. The van der Waals surface area contributed by atoms with Crippen molar-refractivity contribution in [2.24, 2.45) is 11.3 Å². The summed E-state index contributed by atoms with van der Waals surface area (Å²) in [6, 6.07) is 0. The van der Waals surface area contributed by atoms with Crippen molar-refractivity contribution in [3.63, 3.8) is 0 Å². The van der Waals surface area contributed by atoms with E-state index >= 15 is 0 Å². The average Bonchev–Trinajstić information content (AvgIpc) is 2.97. The first-order chi connectivity index (χ1) is 9.43. The van der Waals surface area contributed by atoms with E-state index < -0.39 is 17.7 Å². The number of ether oxygens (including phenoxy) is 1. The molecule has 20 heavy (non-hydrogen) atoms. The van der Waals surface area contributed by atoms with Crippen molar-refractivity contribution in [2.75, 3.05) is 13.2 Å². The minimum absolute atomic E-state index is 0.0314. The van der Waals surface area contributed by atoms with Crippen LogP contribution in [0.5, 0.6) is 0 Å². The third kappa shape index (κ3) is 1.76. The third-order valence-electron chi connectivity index (χ3n) is 5.72. The largest absolute Gasteiger partial charge is 0.479 e. The van der Waals surface area contributed by atoms with Crippen LogP contribution in [0.25, 0.3) is 0 Å². The van der Waals surface area contributed by atoms with Gasteiger partial charge in [0.05, 0.1) is 19.3 Å². The second kappa shape index (κ2) is 4.55. The lowest BCUT2D eigenvalue weighted by Crippen LogP contribution is -2.49. The molecule has 3 N–H and O–H groups in total. The van der Waals surface area contributed by atoms with E-state index in [1.165, 1.54) is 5.57 Å². The topological polar surface area (TPSA) is 87.0 Å². The molecule has 4 unspecified atom stereocenters. The summed E-state index contributed by atoms with van der Waals surface area (Å²) in [5.74, 6) is -0.933. The van der Waals surface area contributed by atoms with Crippen LogP contribution in [0.15, 0.2) is 11.1 Å². The summed E-state index contributed by atoms with van der Waals surface area (Å²) >= 11 is 0. The van der Waals surface area contributed by atoms with Gasteiger partial charge in [0, 0.05) is 5.41 Å². The SMILES string of the molecule is C/C(CO)=C1/CCC23COC(C2)C(O)(C(=O)O)CCC13. The fraction of sp³-hybridized carbons (Fsp3) is 0.800. The summed E-state index contributed by atoms with van der Waals surface area (Å²) in [5.41, 5.74) is 0.463. The van der Waals surface area contributed by atoms with Gasteiger partial charge in [-0.25, -0.2) is 4.79 Å². The van der Waals surface area contributed by atoms with E-state index in [0.29, 0.717) is 19.4 Å². The zero-order valence-electron chi connectivity index (χ0n) is 11.8. The number of hydrogen-bond acceptors (Lipinski definition) is 4. The second-order valence-corrected chi connectivity index (χ2v) is 6.65. The van der Waals surface area contributed by atoms with Crippen molar-refractivity contribution in [1.29, 1.82) is 0 Å². The normalized spacial score (nSPS) is 46.0. The average molecular weight is 282 g/mol. The van der Waals surface area contributed by atoms with Crippen LogP contribution >= 0.6 is 0 Å². The van der Waals surface area contributed by atoms with E-state index in [1.807, 2.05) is 6.92 Å². The Morgan fingerprint density at radius 3 is 2.85 bits per heavy atom. The van der Waals surface area contributed by atoms with Crippen molar-refractivity contribution >= 4 is 5.97 Å². The third-order valence-corrected chi connectivity index (χ3v) is 5.72. The van der Waals surface area contributed by atoms with Crippen LogP contribution in [0.4, 0.5) is 0 Å². The molecule has 0 aromatic rings. The van der Waals surface area contributed by atoms with E-state index in [0.717, 1.165) is 18.4 Å². The zero-order chi connectivity index (χ0) is 14.5. The van der Waals surface area contributed by atoms with Crippen molar-refractivity contribution in [3.8, 4) is 0 Å². The molecule has 1 aliphatic heterocycles. The van der Waals surface area contributed by atoms with E-state index in [4.69, 9.17) is 4.74 Å². The predicted molar refractivity (Wildman–Crippen MR) is 71.1 cm³/mol. The molecular formula is C15H22O5. The van der Waals surface area contributed by atoms with Gasteiger partial charge in [-0.05, 0) is 50.5 Å². The monoisotopic (exact) mass is 282 g/mol. The lowest BCUT2D eigenvalue weighted by atomic mass is 9.74. The Hall–Kier alpha value is -0.910. The number of hydrogen-bond donors (Lipinski definition) is 3. The molecule has 5 heteroatoms. The van der Waals surface area contributed by atoms with E-state index in [1.54, 1.807) is 0 Å². The van der Waals surface area contributed by atoms with E-state index in [2.05, 4.69) is 0 Å². The molecule has 2 aliphatic carbocycles. The fourth-order valence-corrected chi connectivity index (χ4v) is 4.44. The van der Waals surface area contributed by atoms with Gasteiger partial charge in [-0.1, -0.05) is 5.57 Å². The van der Waals surface area contributed by atoms with Gasteiger partial charge < -0.3 is 20.1 Å². The fourth-order valence-electron chi connectivity index (χ4n) is 4.44. The van der Waals surface area contributed by atoms with Gasteiger partial charge in [-0.3, -0.25) is 0 Å². The number of aliphatic hydroxyl groups is 2. The van der Waals surface area contributed by atoms with Gasteiger partial charge in [0.25, 0.3) is 0 Å². The van der Waals surface area contributed by atoms with Crippen LogP contribution in [0, 0.1) is 11.3 Å². The van der Waals surface area contributed by atoms with Crippen LogP contribution in [-0.4, -0.2) is 46.2 Å². The van der Waals surface area contributed by atoms with Gasteiger partial charge in [-0.15, -0.1) is 0 Å². The van der Waals surface area contributed by atoms with Crippen molar-refractivity contribution < 1.29 is 24.9 Å². The Bertz CT molecular complexity index is 471. The number of aliphatic hydroxyl groups excluding tert-OH is 1. The lowest BCUT2D eigenvalue weighted by molar-refractivity contribution is -0.174. The lowest BCUT2D eigenvalue weighted by Gasteiger charge is -2.31. The Morgan fingerprint density at radius 2 is 2.20 bits per heavy atom. The van der Waals surface area contributed by atoms with Crippen molar-refractivity contribution in [2.45, 2.75) is 50.7 Å². The maximum Gasteiger partial charge on any atom is 0.338 e. The highest BCUT2D eigenvalue weighted by Gasteiger charge is 2.60. The molecule has 1 spiro atoms. The minimum Gasteiger partial charge on any atom is -0.479 e. The number of carboxylic acid groups (broad SMARTS) is 1. The number of allylic oxidation sites excluding steroid dienone is 1. The maximum absolute atomic E-state index is 11.4. The molecule has 3 aliphatic rings. The Labute approximate surface area is 118 Å². The number of rotatable bonds is 2. The quantitative estimate of drug-likeness (QED) is 0.660. The molecule has 4 atom stereocenters. The standard InChI is InChI=1S/C15H22O5/c1-9(7-16)10-2-4-14-6-12(20-8-14)15(19,13(17)18)5-3-11(10)14/h11-12,16,19H,2-8H2,1H3,(H,17,18)/b10-9+. The summed E-state index contributed by atoms with van der Waals surface area (Å²) in [7, 11) is 0. The smallest absolute Gasteiger partial charge is 0.338 e. The second-order valence-electron chi connectivity index (χ2n) is 6.65. The van der Waals surface area contributed by atoms with Gasteiger partial charge in [0.15, 0.2) is 5.60 Å². The van der Waals surface area contributed by atoms with Gasteiger partial charge in [0.1, 0.15) is 0 Å². The molecular weight excluding hydrogens is 260 g/mol. The first-order valence-electron chi connectivity index (χ1n) is 7.30. The highest BCUT2D eigenvalue weighted by molar-refractivity contribution is 5.78. The number of carboxylic acids is 1. The Morgan fingerprint density at radius 1 is 1.45 bits per heavy atom. The predicted octanol–water partition coefficient (Wildman–Crippen LogP) is 1.09. The summed E-state index contributed by atoms with van der Waals surface area (Å²) < 4.78 is 5.68. The van der Waals surface area contributed by atoms with Crippen LogP contribution in [0.2, 0.25) is 0 Å². The Kier molecular flexibility index (Phi) is 3.19. The van der Waals surface area contributed by atoms with Gasteiger partial charge >= 0.3 is 5.97 Å². The molecule has 0 aromatic carbocycles. The van der Waals surface area contributed by atoms with Crippen molar-refractivity contribution in [3.05, 3.63) is 11.1 Å². The molecule has 112 valence electrons. The van der Waals surface area contributed by atoms with Crippen LogP contribution in [0.3, 0.4) is 0 Å². The number of carbonyl (C=O) groups is 1. The molecule has 1 heterocycles. The van der Waals surface area contributed by atoms with Crippen LogP contribution in [0.1, 0.15) is 39.0 Å². The summed E-state index contributed by atoms with van der Waals surface area (Å²) in [4.78, 5) is 11.4. The summed E-state index contributed by atoms with van der Waals surface area (Å²) in [5, 5.41) is 29.2. The minimum atomic E-state index is -1.76. The van der Waals surface area contributed by atoms with Gasteiger partial charge in [-0.2, -0.15) is 0 Å². The zero-order valence-corrected chi connectivity index (χ0v) is 11.8. The molecule has 3 rings (SSSR count). The van der Waals surface area contributed by atoms with E-state index in [9.17, 15) is 20.1 Å². The van der Waals surface area contributed by atoms with Crippen molar-refractivity contribution in [1.82, 2.24) is 0 Å².